The Hall–Kier alpha value is -3.39. The molecule has 0 unspecified atom stereocenters. The van der Waals surface area contributed by atoms with Gasteiger partial charge in [0.2, 0.25) is 0 Å². The number of amides is 2. The first-order valence-electron chi connectivity index (χ1n) is 22.8. The molecule has 0 heterocycles. The van der Waals surface area contributed by atoms with E-state index in [1.54, 1.807) is 0 Å². The molecule has 0 saturated heterocycles. The Bertz CT molecular complexity index is 1490. The standard InChI is InChI=1S/C25H41NO3.C25H39NO3/c2*1-5-6-7-8-9-10-11-20-12-14-21(15-13-20)22-16-17-25(18-22,19-27)26-23(28)29-24(2,3)4/h12-15,22,27H,5-11,16-19H2,1-4H3,(H,26,28);12-15,19,22H,5-11,16-18H2,1-4H3,(H,26,28)/t2*22-,25+/m00/s1. The molecule has 2 amide bonds. The third kappa shape index (κ3) is 17.8. The predicted octanol–water partition coefficient (Wildman–Crippen LogP) is 12.4. The van der Waals surface area contributed by atoms with Gasteiger partial charge in [-0.2, -0.15) is 0 Å². The molecule has 0 bridgehead atoms. The van der Waals surface area contributed by atoms with Gasteiger partial charge in [0.1, 0.15) is 17.5 Å². The zero-order valence-electron chi connectivity index (χ0n) is 37.7. The molecule has 2 aromatic rings. The lowest BCUT2D eigenvalue weighted by molar-refractivity contribution is -0.113. The van der Waals surface area contributed by atoms with E-state index in [9.17, 15) is 19.5 Å². The van der Waals surface area contributed by atoms with Crippen molar-refractivity contribution < 1.29 is 29.0 Å². The average Bonchev–Trinajstić information content (AvgIpc) is 3.79. The maximum atomic E-state index is 12.2. The Morgan fingerprint density at radius 1 is 0.638 bits per heavy atom. The minimum absolute atomic E-state index is 0.0567. The van der Waals surface area contributed by atoms with Gasteiger partial charge < -0.3 is 30.0 Å². The summed E-state index contributed by atoms with van der Waals surface area (Å²) >= 11 is 0. The van der Waals surface area contributed by atoms with Crippen LogP contribution < -0.4 is 10.6 Å². The van der Waals surface area contributed by atoms with Crippen LogP contribution in [0.15, 0.2) is 48.5 Å². The number of rotatable bonds is 20. The maximum absolute atomic E-state index is 12.2. The van der Waals surface area contributed by atoms with E-state index in [-0.39, 0.29) is 6.61 Å². The van der Waals surface area contributed by atoms with Crippen LogP contribution in [-0.4, -0.2) is 52.5 Å². The number of alkyl carbamates (subject to hydrolysis) is 2. The molecule has 0 aromatic heterocycles. The summed E-state index contributed by atoms with van der Waals surface area (Å²) < 4.78 is 10.7. The highest BCUT2D eigenvalue weighted by Crippen LogP contribution is 2.42. The van der Waals surface area contributed by atoms with Crippen molar-refractivity contribution in [2.45, 2.75) is 218 Å². The number of hydrogen-bond donors (Lipinski definition) is 3. The first-order chi connectivity index (χ1) is 27.5. The van der Waals surface area contributed by atoms with Crippen molar-refractivity contribution in [3.8, 4) is 0 Å². The number of aryl methyl sites for hydroxylation is 2. The highest BCUT2D eigenvalue weighted by Gasteiger charge is 2.43. The van der Waals surface area contributed by atoms with Gasteiger partial charge in [0.15, 0.2) is 0 Å². The van der Waals surface area contributed by atoms with E-state index >= 15 is 0 Å². The Labute approximate surface area is 352 Å². The van der Waals surface area contributed by atoms with Crippen molar-refractivity contribution in [3.63, 3.8) is 0 Å². The number of unbranched alkanes of at least 4 members (excludes halogenated alkanes) is 10. The van der Waals surface area contributed by atoms with Gasteiger partial charge in [0.25, 0.3) is 0 Å². The van der Waals surface area contributed by atoms with Gasteiger partial charge in [-0.3, -0.25) is 0 Å². The Morgan fingerprint density at radius 2 is 1.05 bits per heavy atom. The molecule has 4 atom stereocenters. The second kappa shape index (κ2) is 24.0. The molecule has 0 radical (unpaired) electrons. The van der Waals surface area contributed by atoms with Crippen molar-refractivity contribution in [1.29, 1.82) is 0 Å². The van der Waals surface area contributed by atoms with Crippen molar-refractivity contribution >= 4 is 18.5 Å². The van der Waals surface area contributed by atoms with Gasteiger partial charge in [0.05, 0.1) is 17.7 Å². The summed E-state index contributed by atoms with van der Waals surface area (Å²) in [7, 11) is 0. The summed E-state index contributed by atoms with van der Waals surface area (Å²) in [6.07, 6.45) is 22.7. The SMILES string of the molecule is CCCCCCCCc1ccc([C@H]2CC[C@@](C=O)(NC(=O)OC(C)(C)C)C2)cc1.CCCCCCCCc1ccc([C@H]2CC[C@@](CO)(NC(=O)OC(C)(C)C)C2)cc1. The summed E-state index contributed by atoms with van der Waals surface area (Å²) in [5.74, 6) is 0.651. The summed E-state index contributed by atoms with van der Waals surface area (Å²) in [4.78, 5) is 36.2. The fraction of sp³-hybridized carbons (Fsp3) is 0.700. The molecule has 8 heteroatoms. The number of aldehydes is 1. The average molecular weight is 805 g/mol. The van der Waals surface area contributed by atoms with Crippen LogP contribution in [0, 0.1) is 0 Å². The van der Waals surface area contributed by atoms with Crippen LogP contribution in [0.2, 0.25) is 0 Å². The fourth-order valence-electron chi connectivity index (χ4n) is 8.48. The van der Waals surface area contributed by atoms with Gasteiger partial charge in [-0.15, -0.1) is 0 Å². The lowest BCUT2D eigenvalue weighted by Gasteiger charge is -2.30. The minimum Gasteiger partial charge on any atom is -0.444 e. The molecule has 2 saturated carbocycles. The van der Waals surface area contributed by atoms with E-state index in [0.29, 0.717) is 24.7 Å². The Balaban J connectivity index is 0.000000310. The van der Waals surface area contributed by atoms with Crippen LogP contribution in [0.3, 0.4) is 0 Å². The minimum atomic E-state index is -0.815. The van der Waals surface area contributed by atoms with Gasteiger partial charge in [-0.05, 0) is 140 Å². The summed E-state index contributed by atoms with van der Waals surface area (Å²) in [6, 6.07) is 17.8. The molecule has 2 aliphatic rings. The topological polar surface area (TPSA) is 114 Å². The largest absolute Gasteiger partial charge is 0.444 e. The number of carbonyl (C=O) groups is 3. The lowest BCUT2D eigenvalue weighted by atomic mass is 9.92. The Kier molecular flexibility index (Phi) is 20.3. The maximum Gasteiger partial charge on any atom is 0.408 e. The van der Waals surface area contributed by atoms with Gasteiger partial charge in [0, 0.05) is 0 Å². The molecule has 2 fully saturated rings. The van der Waals surface area contributed by atoms with Crippen LogP contribution in [0.4, 0.5) is 9.59 Å². The number of benzene rings is 2. The molecular weight excluding hydrogens is 725 g/mol. The highest BCUT2D eigenvalue weighted by molar-refractivity contribution is 5.77. The highest BCUT2D eigenvalue weighted by atomic mass is 16.6. The van der Waals surface area contributed by atoms with E-state index in [1.165, 1.54) is 99.3 Å². The molecule has 0 spiro atoms. The third-order valence-electron chi connectivity index (χ3n) is 11.7. The smallest absolute Gasteiger partial charge is 0.408 e. The van der Waals surface area contributed by atoms with Gasteiger partial charge in [-0.25, -0.2) is 9.59 Å². The van der Waals surface area contributed by atoms with Crippen LogP contribution in [0.5, 0.6) is 0 Å². The van der Waals surface area contributed by atoms with E-state index < -0.39 is 34.5 Å². The van der Waals surface area contributed by atoms with Crippen molar-refractivity contribution in [2.24, 2.45) is 0 Å². The summed E-state index contributed by atoms with van der Waals surface area (Å²) in [5, 5.41) is 15.8. The monoisotopic (exact) mass is 805 g/mol. The first-order valence-corrected chi connectivity index (χ1v) is 22.8. The predicted molar refractivity (Wildman–Crippen MR) is 238 cm³/mol. The van der Waals surface area contributed by atoms with E-state index in [4.69, 9.17) is 9.47 Å². The van der Waals surface area contributed by atoms with Crippen LogP contribution in [0.25, 0.3) is 0 Å². The zero-order valence-corrected chi connectivity index (χ0v) is 37.7. The number of aliphatic hydroxyl groups excluding tert-OH is 1. The molecule has 8 nitrogen and oxygen atoms in total. The molecule has 4 rings (SSSR count). The molecule has 2 aromatic carbocycles. The van der Waals surface area contributed by atoms with Gasteiger partial charge in [-0.1, -0.05) is 127 Å². The van der Waals surface area contributed by atoms with Crippen LogP contribution in [-0.2, 0) is 27.1 Å². The summed E-state index contributed by atoms with van der Waals surface area (Å²) in [5.41, 5.74) is 2.85. The normalized spacial score (nSPS) is 21.8. The van der Waals surface area contributed by atoms with Crippen molar-refractivity contribution in [2.75, 3.05) is 6.61 Å². The number of nitrogens with one attached hydrogen (secondary N) is 2. The van der Waals surface area contributed by atoms with E-state index in [0.717, 1.165) is 44.8 Å². The van der Waals surface area contributed by atoms with Gasteiger partial charge >= 0.3 is 12.2 Å². The van der Waals surface area contributed by atoms with Crippen molar-refractivity contribution in [1.82, 2.24) is 10.6 Å². The number of ether oxygens (including phenoxy) is 2. The number of aliphatic hydroxyl groups is 1. The molecular formula is C50H80N2O6. The van der Waals surface area contributed by atoms with E-state index in [2.05, 4.69) is 73.0 Å². The molecule has 326 valence electrons. The first kappa shape index (κ1) is 49.0. The van der Waals surface area contributed by atoms with Crippen molar-refractivity contribution in [3.05, 3.63) is 70.8 Å². The summed E-state index contributed by atoms with van der Waals surface area (Å²) in [6.45, 7) is 15.5. The Morgan fingerprint density at radius 3 is 1.48 bits per heavy atom. The number of carbonyl (C=O) groups excluding carboxylic acids is 3. The number of hydrogen-bond acceptors (Lipinski definition) is 6. The zero-order chi connectivity index (χ0) is 42.7. The molecule has 0 aliphatic heterocycles. The second-order valence-electron chi connectivity index (χ2n) is 19.4. The molecule has 2 aliphatic carbocycles. The molecule has 3 N–H and O–H groups in total. The second-order valence-corrected chi connectivity index (χ2v) is 19.4. The van der Waals surface area contributed by atoms with Crippen LogP contribution >= 0.6 is 0 Å². The van der Waals surface area contributed by atoms with E-state index in [1.807, 2.05) is 41.5 Å². The molecule has 58 heavy (non-hydrogen) atoms. The third-order valence-corrected chi connectivity index (χ3v) is 11.7. The van der Waals surface area contributed by atoms with Crippen LogP contribution in [0.1, 0.15) is 205 Å². The lowest BCUT2D eigenvalue weighted by Crippen LogP contribution is -2.51. The quantitative estimate of drug-likeness (QED) is 0.0907. The fourth-order valence-corrected chi connectivity index (χ4v) is 8.48.